The zero-order valence-corrected chi connectivity index (χ0v) is 11.6. The molecule has 2 rings (SSSR count). The molecule has 0 aliphatic carbocycles. The first-order chi connectivity index (χ1) is 9.04. The van der Waals surface area contributed by atoms with E-state index in [4.69, 9.17) is 5.11 Å². The van der Waals surface area contributed by atoms with Gasteiger partial charge in [-0.05, 0) is 45.1 Å². The summed E-state index contributed by atoms with van der Waals surface area (Å²) in [6, 6.07) is 1.97. The minimum absolute atomic E-state index is 0.256. The van der Waals surface area contributed by atoms with Gasteiger partial charge in [-0.2, -0.15) is 0 Å². The molecule has 0 spiro atoms. The van der Waals surface area contributed by atoms with Crippen LogP contribution in [0.25, 0.3) is 0 Å². The molecule has 1 atom stereocenters. The van der Waals surface area contributed by atoms with Gasteiger partial charge in [0.05, 0.1) is 0 Å². The normalized spacial score (nSPS) is 19.5. The third kappa shape index (κ3) is 3.91. The van der Waals surface area contributed by atoms with Crippen molar-refractivity contribution in [2.45, 2.75) is 39.5 Å². The van der Waals surface area contributed by atoms with Crippen LogP contribution in [0.1, 0.15) is 37.1 Å². The highest BCUT2D eigenvalue weighted by molar-refractivity contribution is 5.66. The number of rotatable bonds is 4. The van der Waals surface area contributed by atoms with E-state index in [1.54, 1.807) is 0 Å². The molecule has 0 aromatic carbocycles. The Morgan fingerprint density at radius 3 is 2.74 bits per heavy atom. The minimum Gasteiger partial charge on any atom is -0.481 e. The molecular formula is C14H21N3O2. The average molecular weight is 263 g/mol. The minimum atomic E-state index is -0.709. The van der Waals surface area contributed by atoms with Gasteiger partial charge in [-0.25, -0.2) is 9.97 Å². The van der Waals surface area contributed by atoms with Gasteiger partial charge >= 0.3 is 5.97 Å². The van der Waals surface area contributed by atoms with Crippen LogP contribution in [0.4, 0.5) is 5.95 Å². The largest absolute Gasteiger partial charge is 0.481 e. The molecular weight excluding hydrogens is 242 g/mol. The van der Waals surface area contributed by atoms with Gasteiger partial charge in [0.2, 0.25) is 5.95 Å². The second-order valence-corrected chi connectivity index (χ2v) is 5.34. The lowest BCUT2D eigenvalue weighted by molar-refractivity contribution is -0.137. The lowest BCUT2D eigenvalue weighted by Crippen LogP contribution is -2.37. The van der Waals surface area contributed by atoms with Crippen LogP contribution in [0.5, 0.6) is 0 Å². The summed E-state index contributed by atoms with van der Waals surface area (Å²) in [5.74, 6) is 0.520. The van der Waals surface area contributed by atoms with Crippen LogP contribution in [-0.4, -0.2) is 34.1 Å². The van der Waals surface area contributed by atoms with Gasteiger partial charge in [0.15, 0.2) is 0 Å². The van der Waals surface area contributed by atoms with Crippen LogP contribution in [0.15, 0.2) is 6.07 Å². The topological polar surface area (TPSA) is 66.3 Å². The number of aryl methyl sites for hydroxylation is 2. The fourth-order valence-electron chi connectivity index (χ4n) is 2.66. The number of carbonyl (C=O) groups is 1. The first kappa shape index (κ1) is 13.8. The fourth-order valence-corrected chi connectivity index (χ4v) is 2.66. The van der Waals surface area contributed by atoms with Gasteiger partial charge in [0, 0.05) is 30.9 Å². The Balaban J connectivity index is 2.02. The lowest BCUT2D eigenvalue weighted by atomic mass is 9.93. The Hall–Kier alpha value is -1.65. The molecule has 1 aromatic rings. The molecule has 1 saturated heterocycles. The SMILES string of the molecule is Cc1cc(C)nc(N2CCCC(CCC(=O)O)C2)n1. The lowest BCUT2D eigenvalue weighted by Gasteiger charge is -2.32. The molecule has 1 aliphatic heterocycles. The van der Waals surface area contributed by atoms with E-state index in [9.17, 15) is 4.79 Å². The number of hydrogen-bond acceptors (Lipinski definition) is 4. The van der Waals surface area contributed by atoms with Gasteiger partial charge in [-0.3, -0.25) is 4.79 Å². The van der Waals surface area contributed by atoms with Crippen molar-refractivity contribution in [3.05, 3.63) is 17.5 Å². The van der Waals surface area contributed by atoms with Crippen LogP contribution >= 0.6 is 0 Å². The van der Waals surface area contributed by atoms with Crippen LogP contribution in [0.3, 0.4) is 0 Å². The molecule has 1 fully saturated rings. The molecule has 5 heteroatoms. The van der Waals surface area contributed by atoms with Gasteiger partial charge in [-0.15, -0.1) is 0 Å². The summed E-state index contributed by atoms with van der Waals surface area (Å²) in [7, 11) is 0. The van der Waals surface area contributed by atoms with Gasteiger partial charge < -0.3 is 10.0 Å². The maximum Gasteiger partial charge on any atom is 0.303 e. The zero-order valence-electron chi connectivity index (χ0n) is 11.6. The first-order valence-electron chi connectivity index (χ1n) is 6.83. The zero-order chi connectivity index (χ0) is 13.8. The van der Waals surface area contributed by atoms with Crippen LogP contribution in [0.2, 0.25) is 0 Å². The summed E-state index contributed by atoms with van der Waals surface area (Å²) in [6.45, 7) is 5.79. The van der Waals surface area contributed by atoms with Crippen LogP contribution in [-0.2, 0) is 4.79 Å². The maximum atomic E-state index is 10.6. The van der Waals surface area contributed by atoms with E-state index in [0.717, 1.165) is 49.7 Å². The Kier molecular flexibility index (Phi) is 4.35. The number of hydrogen-bond donors (Lipinski definition) is 1. The number of nitrogens with zero attached hydrogens (tertiary/aromatic N) is 3. The number of carboxylic acid groups (broad SMARTS) is 1. The molecule has 19 heavy (non-hydrogen) atoms. The Labute approximate surface area is 113 Å². The standard InChI is InChI=1S/C14H21N3O2/c1-10-8-11(2)16-14(15-10)17-7-3-4-12(9-17)5-6-13(18)19/h8,12H,3-7,9H2,1-2H3,(H,18,19). The summed E-state index contributed by atoms with van der Waals surface area (Å²) in [6.07, 6.45) is 3.19. The highest BCUT2D eigenvalue weighted by Gasteiger charge is 2.22. The third-order valence-electron chi connectivity index (χ3n) is 3.54. The molecule has 1 aliphatic rings. The van der Waals surface area contributed by atoms with Crippen molar-refractivity contribution in [2.75, 3.05) is 18.0 Å². The van der Waals surface area contributed by atoms with Gasteiger partial charge in [0.1, 0.15) is 0 Å². The molecule has 0 bridgehead atoms. The molecule has 104 valence electrons. The van der Waals surface area contributed by atoms with Crippen molar-refractivity contribution in [3.8, 4) is 0 Å². The highest BCUT2D eigenvalue weighted by atomic mass is 16.4. The van der Waals surface area contributed by atoms with E-state index >= 15 is 0 Å². The van der Waals surface area contributed by atoms with Crippen molar-refractivity contribution >= 4 is 11.9 Å². The molecule has 0 radical (unpaired) electrons. The number of aliphatic carboxylic acids is 1. The second kappa shape index (κ2) is 5.99. The van der Waals surface area contributed by atoms with E-state index in [1.165, 1.54) is 0 Å². The van der Waals surface area contributed by atoms with E-state index < -0.39 is 5.97 Å². The molecule has 1 unspecified atom stereocenters. The molecule has 0 saturated carbocycles. The Bertz CT molecular complexity index is 442. The first-order valence-corrected chi connectivity index (χ1v) is 6.83. The summed E-state index contributed by atoms with van der Waals surface area (Å²) in [5.41, 5.74) is 1.96. The van der Waals surface area contributed by atoms with Crippen molar-refractivity contribution in [1.82, 2.24) is 9.97 Å². The van der Waals surface area contributed by atoms with Crippen molar-refractivity contribution < 1.29 is 9.90 Å². The Morgan fingerprint density at radius 2 is 2.11 bits per heavy atom. The Morgan fingerprint density at radius 1 is 1.42 bits per heavy atom. The smallest absolute Gasteiger partial charge is 0.303 e. The predicted molar refractivity (Wildman–Crippen MR) is 73.3 cm³/mol. The summed E-state index contributed by atoms with van der Waals surface area (Å²) in [4.78, 5) is 21.8. The van der Waals surface area contributed by atoms with E-state index in [0.29, 0.717) is 5.92 Å². The van der Waals surface area contributed by atoms with Gasteiger partial charge in [-0.1, -0.05) is 0 Å². The highest BCUT2D eigenvalue weighted by Crippen LogP contribution is 2.24. The molecule has 1 N–H and O–H groups in total. The number of carboxylic acids is 1. The fraction of sp³-hybridized carbons (Fsp3) is 0.643. The van der Waals surface area contributed by atoms with E-state index in [2.05, 4.69) is 14.9 Å². The predicted octanol–water partition coefficient (Wildman–Crippen LogP) is 2.17. The second-order valence-electron chi connectivity index (χ2n) is 5.34. The average Bonchev–Trinajstić information content (AvgIpc) is 2.35. The molecule has 2 heterocycles. The van der Waals surface area contributed by atoms with E-state index in [-0.39, 0.29) is 6.42 Å². The van der Waals surface area contributed by atoms with Crippen LogP contribution < -0.4 is 4.90 Å². The van der Waals surface area contributed by atoms with Gasteiger partial charge in [0.25, 0.3) is 0 Å². The molecule has 0 amide bonds. The van der Waals surface area contributed by atoms with Crippen molar-refractivity contribution in [2.24, 2.45) is 5.92 Å². The van der Waals surface area contributed by atoms with Crippen molar-refractivity contribution in [1.29, 1.82) is 0 Å². The van der Waals surface area contributed by atoms with E-state index in [1.807, 2.05) is 19.9 Å². The van der Waals surface area contributed by atoms with Crippen LogP contribution in [0, 0.1) is 19.8 Å². The summed E-state index contributed by atoms with van der Waals surface area (Å²) in [5, 5.41) is 8.76. The molecule has 5 nitrogen and oxygen atoms in total. The third-order valence-corrected chi connectivity index (χ3v) is 3.54. The quantitative estimate of drug-likeness (QED) is 0.901. The monoisotopic (exact) mass is 263 g/mol. The number of piperidine rings is 1. The summed E-state index contributed by atoms with van der Waals surface area (Å²) >= 11 is 0. The maximum absolute atomic E-state index is 10.6. The number of aromatic nitrogens is 2. The summed E-state index contributed by atoms with van der Waals surface area (Å²) < 4.78 is 0. The number of anilines is 1. The van der Waals surface area contributed by atoms with Crippen molar-refractivity contribution in [3.63, 3.8) is 0 Å². The molecule has 1 aromatic heterocycles.